The van der Waals surface area contributed by atoms with Gasteiger partial charge in [-0.05, 0) is 44.0 Å². The number of carbonyl (C=O) groups is 1. The second kappa shape index (κ2) is 6.50. The molecule has 0 bridgehead atoms. The molecule has 0 aliphatic carbocycles. The maximum atomic E-state index is 11.2. The third-order valence-corrected chi connectivity index (χ3v) is 2.71. The summed E-state index contributed by atoms with van der Waals surface area (Å²) in [7, 11) is 0. The van der Waals surface area contributed by atoms with Gasteiger partial charge in [-0.15, -0.1) is 11.6 Å². The predicted molar refractivity (Wildman–Crippen MR) is 69.7 cm³/mol. The highest BCUT2D eigenvalue weighted by atomic mass is 35.5. The van der Waals surface area contributed by atoms with Crippen LogP contribution in [-0.4, -0.2) is 24.4 Å². The van der Waals surface area contributed by atoms with Crippen molar-refractivity contribution in [3.63, 3.8) is 0 Å². The summed E-state index contributed by atoms with van der Waals surface area (Å²) in [6.07, 6.45) is 0. The minimum Gasteiger partial charge on any atom is -0.492 e. The van der Waals surface area contributed by atoms with Crippen LogP contribution in [0.2, 0.25) is 0 Å². The molecule has 1 N–H and O–H groups in total. The van der Waals surface area contributed by atoms with Crippen LogP contribution in [0.3, 0.4) is 0 Å². The molecule has 1 rings (SSSR count). The first kappa shape index (κ1) is 13.8. The molecule has 4 heteroatoms. The zero-order chi connectivity index (χ0) is 12.8. The van der Waals surface area contributed by atoms with Gasteiger partial charge in [0, 0.05) is 0 Å². The van der Waals surface area contributed by atoms with E-state index in [1.807, 2.05) is 25.1 Å². The number of nitrogens with one attached hydrogen (secondary N) is 1. The summed E-state index contributed by atoms with van der Waals surface area (Å²) in [5.41, 5.74) is 2.43. The molecule has 1 atom stereocenters. The van der Waals surface area contributed by atoms with E-state index >= 15 is 0 Å². The van der Waals surface area contributed by atoms with Crippen molar-refractivity contribution in [3.05, 3.63) is 29.3 Å². The van der Waals surface area contributed by atoms with Gasteiger partial charge in [0.1, 0.15) is 17.7 Å². The number of alkyl halides is 1. The molecular weight excluding hydrogens is 238 g/mol. The highest BCUT2D eigenvalue weighted by molar-refractivity contribution is 6.30. The number of benzene rings is 1. The van der Waals surface area contributed by atoms with E-state index in [9.17, 15) is 4.79 Å². The summed E-state index contributed by atoms with van der Waals surface area (Å²) >= 11 is 5.61. The van der Waals surface area contributed by atoms with Gasteiger partial charge in [0.25, 0.3) is 0 Å². The summed E-state index contributed by atoms with van der Waals surface area (Å²) in [5.74, 6) is 0.650. The van der Waals surface area contributed by atoms with E-state index in [2.05, 4.69) is 12.2 Å². The van der Waals surface area contributed by atoms with Gasteiger partial charge in [-0.25, -0.2) is 0 Å². The zero-order valence-electron chi connectivity index (χ0n) is 10.4. The van der Waals surface area contributed by atoms with E-state index in [-0.39, 0.29) is 5.91 Å². The van der Waals surface area contributed by atoms with Gasteiger partial charge in [0.15, 0.2) is 0 Å². The molecule has 0 radical (unpaired) electrons. The normalized spacial score (nSPS) is 12.0. The van der Waals surface area contributed by atoms with E-state index < -0.39 is 5.38 Å². The van der Waals surface area contributed by atoms with Crippen molar-refractivity contribution in [2.45, 2.75) is 26.1 Å². The van der Waals surface area contributed by atoms with Gasteiger partial charge in [0.2, 0.25) is 5.91 Å². The number of hydrogen-bond donors (Lipinski definition) is 1. The van der Waals surface area contributed by atoms with Crippen LogP contribution < -0.4 is 10.1 Å². The van der Waals surface area contributed by atoms with E-state index in [1.165, 1.54) is 11.1 Å². The van der Waals surface area contributed by atoms with Crippen LogP contribution in [0.25, 0.3) is 0 Å². The summed E-state index contributed by atoms with van der Waals surface area (Å²) in [6.45, 7) is 6.64. The van der Waals surface area contributed by atoms with Gasteiger partial charge < -0.3 is 10.1 Å². The topological polar surface area (TPSA) is 38.3 Å². The Labute approximate surface area is 107 Å². The number of halogens is 1. The molecule has 0 fully saturated rings. The monoisotopic (exact) mass is 255 g/mol. The SMILES string of the molecule is Cc1ccc(OCCNC(=O)C(C)Cl)cc1C. The minimum atomic E-state index is -0.503. The molecule has 1 amide bonds. The average Bonchev–Trinajstić information content (AvgIpc) is 2.28. The molecule has 0 saturated carbocycles. The molecule has 1 aromatic rings. The van der Waals surface area contributed by atoms with Crippen molar-refractivity contribution in [1.29, 1.82) is 0 Å². The lowest BCUT2D eigenvalue weighted by Gasteiger charge is -2.09. The first-order chi connectivity index (χ1) is 8.00. The van der Waals surface area contributed by atoms with Crippen LogP contribution in [0.4, 0.5) is 0 Å². The molecule has 0 saturated heterocycles. The summed E-state index contributed by atoms with van der Waals surface area (Å²) in [4.78, 5) is 11.2. The maximum absolute atomic E-state index is 11.2. The Morgan fingerprint density at radius 1 is 1.41 bits per heavy atom. The van der Waals surface area contributed by atoms with E-state index in [0.29, 0.717) is 13.2 Å². The number of hydrogen-bond acceptors (Lipinski definition) is 2. The zero-order valence-corrected chi connectivity index (χ0v) is 11.2. The van der Waals surface area contributed by atoms with Crippen LogP contribution in [0.1, 0.15) is 18.1 Å². The van der Waals surface area contributed by atoms with E-state index in [4.69, 9.17) is 16.3 Å². The second-order valence-electron chi connectivity index (χ2n) is 4.00. The fraction of sp³-hybridized carbons (Fsp3) is 0.462. The molecule has 1 aromatic carbocycles. The quantitative estimate of drug-likeness (QED) is 0.648. The van der Waals surface area contributed by atoms with Crippen molar-refractivity contribution >= 4 is 17.5 Å². The number of aryl methyl sites for hydroxylation is 2. The van der Waals surface area contributed by atoms with Crippen LogP contribution in [0.5, 0.6) is 5.75 Å². The molecule has 0 aromatic heterocycles. The number of rotatable bonds is 5. The Bertz CT molecular complexity index is 391. The van der Waals surface area contributed by atoms with Crippen molar-refractivity contribution < 1.29 is 9.53 Å². The molecule has 0 aliphatic heterocycles. The van der Waals surface area contributed by atoms with Crippen molar-refractivity contribution in [1.82, 2.24) is 5.32 Å². The first-order valence-electron chi connectivity index (χ1n) is 5.62. The van der Waals surface area contributed by atoms with Gasteiger partial charge in [-0.2, -0.15) is 0 Å². The molecule has 0 aliphatic rings. The third-order valence-electron chi connectivity index (χ3n) is 2.51. The van der Waals surface area contributed by atoms with Gasteiger partial charge in [-0.3, -0.25) is 4.79 Å². The lowest BCUT2D eigenvalue weighted by Crippen LogP contribution is -2.32. The van der Waals surface area contributed by atoms with Crippen LogP contribution >= 0.6 is 11.6 Å². The van der Waals surface area contributed by atoms with Crippen molar-refractivity contribution in [3.8, 4) is 5.75 Å². The maximum Gasteiger partial charge on any atom is 0.237 e. The molecule has 17 heavy (non-hydrogen) atoms. The fourth-order valence-electron chi connectivity index (χ4n) is 1.29. The third kappa shape index (κ3) is 4.65. The Balaban J connectivity index is 2.31. The molecule has 94 valence electrons. The van der Waals surface area contributed by atoms with Crippen LogP contribution in [0, 0.1) is 13.8 Å². The van der Waals surface area contributed by atoms with Crippen LogP contribution in [0.15, 0.2) is 18.2 Å². The highest BCUT2D eigenvalue weighted by Gasteiger charge is 2.07. The largest absolute Gasteiger partial charge is 0.492 e. The number of carbonyl (C=O) groups excluding carboxylic acids is 1. The molecule has 3 nitrogen and oxygen atoms in total. The van der Waals surface area contributed by atoms with Gasteiger partial charge in [-0.1, -0.05) is 6.07 Å². The lowest BCUT2D eigenvalue weighted by molar-refractivity contribution is -0.120. The molecule has 0 spiro atoms. The van der Waals surface area contributed by atoms with E-state index in [1.54, 1.807) is 6.92 Å². The van der Waals surface area contributed by atoms with Crippen molar-refractivity contribution in [2.75, 3.05) is 13.2 Å². The molecular formula is C13H18ClNO2. The lowest BCUT2D eigenvalue weighted by atomic mass is 10.1. The smallest absolute Gasteiger partial charge is 0.237 e. The highest BCUT2D eigenvalue weighted by Crippen LogP contribution is 2.15. The number of ether oxygens (including phenoxy) is 1. The average molecular weight is 256 g/mol. The van der Waals surface area contributed by atoms with Crippen molar-refractivity contribution in [2.24, 2.45) is 0 Å². The Morgan fingerprint density at radius 2 is 2.12 bits per heavy atom. The first-order valence-corrected chi connectivity index (χ1v) is 6.06. The standard InChI is InChI=1S/C13H18ClNO2/c1-9-4-5-12(8-10(9)2)17-7-6-15-13(16)11(3)14/h4-5,8,11H,6-7H2,1-3H3,(H,15,16). The van der Waals surface area contributed by atoms with Gasteiger partial charge in [0.05, 0.1) is 6.54 Å². The molecule has 0 heterocycles. The summed E-state index contributed by atoms with van der Waals surface area (Å²) < 4.78 is 5.51. The van der Waals surface area contributed by atoms with Gasteiger partial charge >= 0.3 is 0 Å². The summed E-state index contributed by atoms with van der Waals surface area (Å²) in [6, 6.07) is 5.93. The van der Waals surface area contributed by atoms with Crippen LogP contribution in [-0.2, 0) is 4.79 Å². The Hall–Kier alpha value is -1.22. The Kier molecular flexibility index (Phi) is 5.29. The second-order valence-corrected chi connectivity index (χ2v) is 4.66. The predicted octanol–water partition coefficient (Wildman–Crippen LogP) is 2.43. The van der Waals surface area contributed by atoms with E-state index in [0.717, 1.165) is 5.75 Å². The minimum absolute atomic E-state index is 0.171. The fourth-order valence-corrected chi connectivity index (χ4v) is 1.36. The Morgan fingerprint density at radius 3 is 2.71 bits per heavy atom. The molecule has 1 unspecified atom stereocenters. The number of amides is 1. The summed E-state index contributed by atoms with van der Waals surface area (Å²) in [5, 5.41) is 2.18.